The SMILES string of the molecule is C=Nc1cc(OC)c(/N=N/c2c(S)cc3cc(S)cc(NC(C)=O)c3c2O)cc1C. The molecule has 3 rings (SSSR count). The number of phenols is 1. The van der Waals surface area contributed by atoms with E-state index in [1.807, 2.05) is 6.92 Å². The normalized spacial score (nSPS) is 11.1. The van der Waals surface area contributed by atoms with Crippen LogP contribution in [0.5, 0.6) is 11.5 Å². The van der Waals surface area contributed by atoms with Gasteiger partial charge >= 0.3 is 0 Å². The average Bonchev–Trinajstić information content (AvgIpc) is 2.66. The van der Waals surface area contributed by atoms with Crippen molar-refractivity contribution < 1.29 is 14.6 Å². The molecule has 0 radical (unpaired) electrons. The molecule has 0 spiro atoms. The third kappa shape index (κ3) is 4.27. The number of ether oxygens (including phenoxy) is 1. The summed E-state index contributed by atoms with van der Waals surface area (Å²) in [5.41, 5.74) is 2.57. The van der Waals surface area contributed by atoms with Crippen molar-refractivity contribution in [2.24, 2.45) is 15.2 Å². The Hall–Kier alpha value is -3.04. The van der Waals surface area contributed by atoms with E-state index in [0.717, 1.165) is 5.56 Å². The molecule has 0 aliphatic heterocycles. The maximum Gasteiger partial charge on any atom is 0.221 e. The lowest BCUT2D eigenvalue weighted by atomic mass is 10.1. The Labute approximate surface area is 184 Å². The van der Waals surface area contributed by atoms with Crippen molar-refractivity contribution in [1.82, 2.24) is 0 Å². The van der Waals surface area contributed by atoms with E-state index in [2.05, 4.69) is 52.5 Å². The van der Waals surface area contributed by atoms with Gasteiger partial charge in [-0.3, -0.25) is 9.79 Å². The van der Waals surface area contributed by atoms with Crippen LogP contribution in [0.3, 0.4) is 0 Å². The molecule has 3 aromatic carbocycles. The van der Waals surface area contributed by atoms with Crippen LogP contribution in [0.25, 0.3) is 10.8 Å². The van der Waals surface area contributed by atoms with Gasteiger partial charge in [0.05, 0.1) is 18.5 Å². The summed E-state index contributed by atoms with van der Waals surface area (Å²) < 4.78 is 5.36. The number of benzene rings is 3. The maximum absolute atomic E-state index is 11.6. The summed E-state index contributed by atoms with van der Waals surface area (Å²) in [6, 6.07) is 8.61. The summed E-state index contributed by atoms with van der Waals surface area (Å²) in [6.45, 7) is 6.80. The first-order valence-corrected chi connectivity index (χ1v) is 9.71. The molecule has 0 aromatic heterocycles. The van der Waals surface area contributed by atoms with Crippen molar-refractivity contribution in [2.75, 3.05) is 12.4 Å². The minimum absolute atomic E-state index is 0.154. The van der Waals surface area contributed by atoms with Gasteiger partial charge in [-0.2, -0.15) is 0 Å². The molecule has 9 heteroatoms. The van der Waals surface area contributed by atoms with Gasteiger partial charge in [0.15, 0.2) is 5.75 Å². The number of hydrogen-bond donors (Lipinski definition) is 4. The van der Waals surface area contributed by atoms with Crippen LogP contribution in [0.1, 0.15) is 12.5 Å². The number of fused-ring (bicyclic) bond motifs is 1. The van der Waals surface area contributed by atoms with Crippen LogP contribution in [0.15, 0.2) is 55.3 Å². The van der Waals surface area contributed by atoms with Gasteiger partial charge in [-0.05, 0) is 48.9 Å². The number of aryl methyl sites for hydroxylation is 1. The fourth-order valence-corrected chi connectivity index (χ4v) is 3.60. The lowest BCUT2D eigenvalue weighted by Gasteiger charge is -2.13. The summed E-state index contributed by atoms with van der Waals surface area (Å²) in [7, 11) is 1.52. The zero-order valence-electron chi connectivity index (χ0n) is 16.6. The first kappa shape index (κ1) is 21.7. The monoisotopic (exact) mass is 440 g/mol. The van der Waals surface area contributed by atoms with Crippen LogP contribution in [0, 0.1) is 6.92 Å². The standard InChI is InChI=1S/C21H20N4O3S2/c1-10-5-15(17(28-4)9-14(10)22-3)24-25-20-18(30)7-12-6-13(29)8-16(23-11(2)26)19(12)21(20)27/h5-9,27,29-30H,3H2,1-2,4H3,(H,23,26)/b25-24+. The molecule has 0 heterocycles. The van der Waals surface area contributed by atoms with Gasteiger partial charge in [-0.25, -0.2) is 0 Å². The number of carbonyl (C=O) groups excluding carboxylic acids is 1. The summed E-state index contributed by atoms with van der Waals surface area (Å²) in [5.74, 6) is 0.0358. The van der Waals surface area contributed by atoms with Gasteiger partial charge in [0.25, 0.3) is 0 Å². The van der Waals surface area contributed by atoms with Gasteiger partial charge in [-0.15, -0.1) is 35.5 Å². The average molecular weight is 441 g/mol. The molecule has 0 unspecified atom stereocenters. The van der Waals surface area contributed by atoms with Crippen LogP contribution in [-0.4, -0.2) is 24.8 Å². The predicted octanol–water partition coefficient (Wildman–Crippen LogP) is 6.15. The number of nitrogens with one attached hydrogen (secondary N) is 1. The Balaban J connectivity index is 2.18. The molecule has 0 saturated carbocycles. The molecule has 3 aromatic rings. The number of phenolic OH excluding ortho intramolecular Hbond substituents is 1. The topological polar surface area (TPSA) is 95.6 Å². The molecule has 0 atom stereocenters. The summed E-state index contributed by atoms with van der Waals surface area (Å²) in [6.07, 6.45) is 0. The maximum atomic E-state index is 11.6. The van der Waals surface area contributed by atoms with E-state index in [9.17, 15) is 9.90 Å². The Bertz CT molecular complexity index is 1210. The molecular formula is C21H20N4O3S2. The first-order valence-electron chi connectivity index (χ1n) is 8.81. The van der Waals surface area contributed by atoms with Crippen LogP contribution in [0.4, 0.5) is 22.7 Å². The Morgan fingerprint density at radius 3 is 2.50 bits per heavy atom. The minimum Gasteiger partial charge on any atom is -0.505 e. The highest BCUT2D eigenvalue weighted by atomic mass is 32.1. The van der Waals surface area contributed by atoms with Crippen molar-refractivity contribution in [1.29, 1.82) is 0 Å². The van der Waals surface area contributed by atoms with Crippen molar-refractivity contribution in [3.8, 4) is 11.5 Å². The number of nitrogens with zero attached hydrogens (tertiary/aromatic N) is 3. The fraction of sp³-hybridized carbons (Fsp3) is 0.143. The largest absolute Gasteiger partial charge is 0.505 e. The van der Waals surface area contributed by atoms with Crippen LogP contribution in [-0.2, 0) is 4.79 Å². The highest BCUT2D eigenvalue weighted by Crippen LogP contribution is 2.45. The Kier molecular flexibility index (Phi) is 6.33. The van der Waals surface area contributed by atoms with E-state index >= 15 is 0 Å². The number of carbonyl (C=O) groups is 1. The Morgan fingerprint density at radius 2 is 1.87 bits per heavy atom. The van der Waals surface area contributed by atoms with Crippen molar-refractivity contribution >= 4 is 71.4 Å². The van der Waals surface area contributed by atoms with Crippen molar-refractivity contribution in [3.63, 3.8) is 0 Å². The van der Waals surface area contributed by atoms with Crippen molar-refractivity contribution in [3.05, 3.63) is 35.9 Å². The number of azo groups is 1. The molecule has 0 aliphatic carbocycles. The molecule has 2 N–H and O–H groups in total. The molecule has 1 amide bonds. The number of amides is 1. The van der Waals surface area contributed by atoms with Crippen LogP contribution >= 0.6 is 25.3 Å². The highest BCUT2D eigenvalue weighted by molar-refractivity contribution is 7.80. The quantitative estimate of drug-likeness (QED) is 0.218. The molecule has 0 fully saturated rings. The van der Waals surface area contributed by atoms with Gasteiger partial charge in [-0.1, -0.05) is 0 Å². The molecule has 7 nitrogen and oxygen atoms in total. The lowest BCUT2D eigenvalue weighted by Crippen LogP contribution is -2.06. The summed E-state index contributed by atoms with van der Waals surface area (Å²) >= 11 is 8.81. The molecule has 0 bridgehead atoms. The van der Waals surface area contributed by atoms with Gasteiger partial charge in [0.1, 0.15) is 17.1 Å². The number of aromatic hydroxyl groups is 1. The fourth-order valence-electron chi connectivity index (χ4n) is 3.05. The molecule has 0 aliphatic rings. The number of aliphatic imine (C=N–C) groups is 1. The summed E-state index contributed by atoms with van der Waals surface area (Å²) in [5, 5.41) is 23.2. The van der Waals surface area contributed by atoms with E-state index in [1.165, 1.54) is 14.0 Å². The zero-order chi connectivity index (χ0) is 22.0. The molecule has 154 valence electrons. The predicted molar refractivity (Wildman–Crippen MR) is 126 cm³/mol. The third-order valence-corrected chi connectivity index (χ3v) is 4.98. The van der Waals surface area contributed by atoms with E-state index in [4.69, 9.17) is 4.74 Å². The molecular weight excluding hydrogens is 420 g/mol. The zero-order valence-corrected chi connectivity index (χ0v) is 18.4. The van der Waals surface area contributed by atoms with Gasteiger partial charge in [0.2, 0.25) is 5.91 Å². The van der Waals surface area contributed by atoms with Crippen molar-refractivity contribution in [2.45, 2.75) is 23.6 Å². The number of anilines is 1. The number of methoxy groups -OCH3 is 1. The molecule has 0 saturated heterocycles. The number of hydrogen-bond acceptors (Lipinski definition) is 8. The van der Waals surface area contributed by atoms with E-state index in [-0.39, 0.29) is 17.3 Å². The second-order valence-corrected chi connectivity index (χ2v) is 7.53. The number of thiol groups is 2. The Morgan fingerprint density at radius 1 is 1.13 bits per heavy atom. The van der Waals surface area contributed by atoms with Crippen LogP contribution < -0.4 is 10.1 Å². The summed E-state index contributed by atoms with van der Waals surface area (Å²) in [4.78, 5) is 16.6. The van der Waals surface area contributed by atoms with E-state index in [1.54, 1.807) is 30.3 Å². The lowest BCUT2D eigenvalue weighted by molar-refractivity contribution is -0.114. The van der Waals surface area contributed by atoms with E-state index in [0.29, 0.717) is 43.4 Å². The van der Waals surface area contributed by atoms with Gasteiger partial charge < -0.3 is 15.2 Å². The van der Waals surface area contributed by atoms with Crippen LogP contribution in [0.2, 0.25) is 0 Å². The smallest absolute Gasteiger partial charge is 0.221 e. The van der Waals surface area contributed by atoms with Gasteiger partial charge in [0, 0.05) is 28.2 Å². The highest BCUT2D eigenvalue weighted by Gasteiger charge is 2.16. The first-order chi connectivity index (χ1) is 14.2. The third-order valence-electron chi connectivity index (χ3n) is 4.39. The second-order valence-electron chi connectivity index (χ2n) is 6.53. The number of rotatable bonds is 5. The van der Waals surface area contributed by atoms with E-state index < -0.39 is 0 Å². The minimum atomic E-state index is -0.274. The molecule has 30 heavy (non-hydrogen) atoms. The second kappa shape index (κ2) is 8.76.